The van der Waals surface area contributed by atoms with Gasteiger partial charge in [-0.3, -0.25) is 9.59 Å². The number of hydrogen-bond acceptors (Lipinski definition) is 5. The lowest BCUT2D eigenvalue weighted by Gasteiger charge is -2.27. The van der Waals surface area contributed by atoms with Gasteiger partial charge in [-0.1, -0.05) is 6.07 Å². The molecule has 8 heteroatoms. The number of carbonyl (C=O) groups is 2. The highest BCUT2D eigenvalue weighted by molar-refractivity contribution is 7.17. The maximum atomic E-state index is 12.9. The highest BCUT2D eigenvalue weighted by atomic mass is 32.1. The van der Waals surface area contributed by atoms with Crippen LogP contribution in [-0.4, -0.2) is 38.6 Å². The molecule has 7 nitrogen and oxygen atoms in total. The van der Waals surface area contributed by atoms with Crippen molar-refractivity contribution in [1.29, 1.82) is 0 Å². The normalized spacial score (nSPS) is 15.8. The first-order chi connectivity index (χ1) is 13.4. The van der Waals surface area contributed by atoms with Crippen molar-refractivity contribution in [1.82, 2.24) is 0 Å². The van der Waals surface area contributed by atoms with Crippen molar-refractivity contribution in [2.45, 2.75) is 32.9 Å². The SMILES string of the molecule is COc1cccc(C(=O)Nc2sc3c(c2C(N)=O)CC[NH+](C(C)C)C3)c1OC. The minimum atomic E-state index is -0.515. The first kappa shape index (κ1) is 20.2. The maximum Gasteiger partial charge on any atom is 0.260 e. The van der Waals surface area contributed by atoms with Gasteiger partial charge in [-0.05, 0) is 31.5 Å². The van der Waals surface area contributed by atoms with Gasteiger partial charge in [0.05, 0.1) is 42.8 Å². The highest BCUT2D eigenvalue weighted by Crippen LogP contribution is 2.36. The molecule has 2 heterocycles. The van der Waals surface area contributed by atoms with E-state index >= 15 is 0 Å². The Hall–Kier alpha value is -2.58. The van der Waals surface area contributed by atoms with Crippen molar-refractivity contribution in [2.24, 2.45) is 5.73 Å². The topological polar surface area (TPSA) is 95.1 Å². The Morgan fingerprint density at radius 1 is 1.25 bits per heavy atom. The zero-order valence-corrected chi connectivity index (χ0v) is 17.4. The van der Waals surface area contributed by atoms with Crippen LogP contribution >= 0.6 is 11.3 Å². The molecule has 0 bridgehead atoms. The Morgan fingerprint density at radius 3 is 2.61 bits per heavy atom. The van der Waals surface area contributed by atoms with Crippen LogP contribution in [0.5, 0.6) is 11.5 Å². The van der Waals surface area contributed by atoms with Gasteiger partial charge in [0.25, 0.3) is 11.8 Å². The highest BCUT2D eigenvalue weighted by Gasteiger charge is 2.31. The van der Waals surface area contributed by atoms with Crippen LogP contribution < -0.4 is 25.4 Å². The molecule has 150 valence electrons. The summed E-state index contributed by atoms with van der Waals surface area (Å²) >= 11 is 1.43. The minimum absolute atomic E-state index is 0.332. The molecule has 28 heavy (non-hydrogen) atoms. The van der Waals surface area contributed by atoms with Crippen LogP contribution in [0.25, 0.3) is 0 Å². The molecule has 0 spiro atoms. The van der Waals surface area contributed by atoms with Crippen LogP contribution in [0.1, 0.15) is 45.0 Å². The van der Waals surface area contributed by atoms with Crippen molar-refractivity contribution in [3.05, 3.63) is 39.8 Å². The molecule has 1 aliphatic heterocycles. The molecule has 2 amide bonds. The van der Waals surface area contributed by atoms with Crippen LogP contribution in [-0.2, 0) is 13.0 Å². The lowest BCUT2D eigenvalue weighted by Crippen LogP contribution is -3.14. The Kier molecular flexibility index (Phi) is 5.90. The number of methoxy groups -OCH3 is 2. The fourth-order valence-electron chi connectivity index (χ4n) is 3.58. The standard InChI is InChI=1S/C20H25N3O4S/c1-11(2)23-9-8-12-15(10-23)28-20(16(12)18(21)24)22-19(25)13-6-5-7-14(26-3)17(13)27-4/h5-7,11H,8-10H2,1-4H3,(H2,21,24)(H,22,25)/p+1. The molecule has 1 aromatic heterocycles. The number of para-hydroxylation sites is 1. The number of rotatable bonds is 6. The number of hydrogen-bond donors (Lipinski definition) is 3. The molecule has 1 unspecified atom stereocenters. The Labute approximate surface area is 168 Å². The van der Waals surface area contributed by atoms with Gasteiger partial charge in [0.2, 0.25) is 0 Å². The molecular weight excluding hydrogens is 378 g/mol. The number of quaternary nitrogens is 1. The van der Waals surface area contributed by atoms with Gasteiger partial charge >= 0.3 is 0 Å². The maximum absolute atomic E-state index is 12.9. The van der Waals surface area contributed by atoms with Gasteiger partial charge in [-0.2, -0.15) is 0 Å². The van der Waals surface area contributed by atoms with Crippen molar-refractivity contribution in [3.63, 3.8) is 0 Å². The number of nitrogens with one attached hydrogen (secondary N) is 2. The van der Waals surface area contributed by atoms with E-state index in [-0.39, 0.29) is 5.91 Å². The van der Waals surface area contributed by atoms with Crippen molar-refractivity contribution < 1.29 is 24.0 Å². The van der Waals surface area contributed by atoms with E-state index in [0.29, 0.717) is 33.7 Å². The molecule has 0 saturated carbocycles. The Balaban J connectivity index is 1.95. The fraction of sp³-hybridized carbons (Fsp3) is 0.400. The predicted molar refractivity (Wildman–Crippen MR) is 109 cm³/mol. The summed E-state index contributed by atoms with van der Waals surface area (Å²) in [6, 6.07) is 5.58. The second-order valence-corrected chi connectivity index (χ2v) is 8.16. The van der Waals surface area contributed by atoms with E-state index in [2.05, 4.69) is 19.2 Å². The molecule has 0 saturated heterocycles. The van der Waals surface area contributed by atoms with Gasteiger partial charge in [-0.15, -0.1) is 11.3 Å². The summed E-state index contributed by atoms with van der Waals surface area (Å²) in [7, 11) is 3.00. The van der Waals surface area contributed by atoms with E-state index in [1.807, 2.05) is 0 Å². The van der Waals surface area contributed by atoms with Gasteiger partial charge in [0.15, 0.2) is 11.5 Å². The smallest absolute Gasteiger partial charge is 0.260 e. The van der Waals surface area contributed by atoms with Gasteiger partial charge in [0.1, 0.15) is 11.5 Å². The third kappa shape index (κ3) is 3.70. The molecule has 0 radical (unpaired) electrons. The number of fused-ring (bicyclic) bond motifs is 1. The largest absolute Gasteiger partial charge is 0.493 e. The lowest BCUT2D eigenvalue weighted by atomic mass is 10.0. The molecule has 1 aliphatic rings. The van der Waals surface area contributed by atoms with Crippen LogP contribution in [0, 0.1) is 0 Å². The van der Waals surface area contributed by atoms with E-state index in [1.165, 1.54) is 30.5 Å². The summed E-state index contributed by atoms with van der Waals surface area (Å²) in [4.78, 5) is 27.6. The Morgan fingerprint density at radius 2 is 2.00 bits per heavy atom. The monoisotopic (exact) mass is 404 g/mol. The van der Waals surface area contributed by atoms with E-state index in [1.54, 1.807) is 18.2 Å². The fourth-order valence-corrected chi connectivity index (χ4v) is 4.88. The summed E-state index contributed by atoms with van der Waals surface area (Å²) in [5.74, 6) is -0.0740. The number of benzene rings is 1. The molecule has 4 N–H and O–H groups in total. The molecule has 1 aromatic carbocycles. The van der Waals surface area contributed by atoms with E-state index < -0.39 is 5.91 Å². The number of ether oxygens (including phenoxy) is 2. The van der Waals surface area contributed by atoms with E-state index in [9.17, 15) is 9.59 Å². The van der Waals surface area contributed by atoms with Crippen molar-refractivity contribution in [2.75, 3.05) is 26.1 Å². The number of carbonyl (C=O) groups excluding carboxylic acids is 2. The van der Waals surface area contributed by atoms with Crippen molar-refractivity contribution in [3.8, 4) is 11.5 Å². The van der Waals surface area contributed by atoms with Crippen LogP contribution in [0.2, 0.25) is 0 Å². The summed E-state index contributed by atoms with van der Waals surface area (Å²) in [5, 5.41) is 3.37. The Bertz CT molecular complexity index is 907. The first-order valence-electron chi connectivity index (χ1n) is 9.18. The van der Waals surface area contributed by atoms with Crippen molar-refractivity contribution >= 4 is 28.2 Å². The van der Waals surface area contributed by atoms with Crippen LogP contribution in [0.4, 0.5) is 5.00 Å². The average Bonchev–Trinajstić information content (AvgIpc) is 3.03. The van der Waals surface area contributed by atoms with Crippen LogP contribution in [0.3, 0.4) is 0 Å². The molecule has 2 aromatic rings. The second-order valence-electron chi connectivity index (χ2n) is 7.06. The quantitative estimate of drug-likeness (QED) is 0.679. The zero-order valence-electron chi connectivity index (χ0n) is 16.5. The van der Waals surface area contributed by atoms with E-state index in [4.69, 9.17) is 15.2 Å². The summed E-state index contributed by atoms with van der Waals surface area (Å²) in [5.41, 5.74) is 7.39. The predicted octanol–water partition coefficient (Wildman–Crippen LogP) is 1.47. The molecule has 3 rings (SSSR count). The minimum Gasteiger partial charge on any atom is -0.493 e. The number of nitrogens with two attached hydrogens (primary N) is 1. The van der Waals surface area contributed by atoms with Gasteiger partial charge in [-0.25, -0.2) is 0 Å². The number of thiophene rings is 1. The van der Waals surface area contributed by atoms with Gasteiger partial charge in [0, 0.05) is 6.42 Å². The summed E-state index contributed by atoms with van der Waals surface area (Å²) in [6.07, 6.45) is 0.774. The third-order valence-electron chi connectivity index (χ3n) is 5.11. The average molecular weight is 405 g/mol. The number of anilines is 1. The molecule has 0 aliphatic carbocycles. The summed E-state index contributed by atoms with van der Waals surface area (Å²) < 4.78 is 10.6. The lowest BCUT2D eigenvalue weighted by molar-refractivity contribution is -0.936. The third-order valence-corrected chi connectivity index (χ3v) is 6.26. The first-order valence-corrected chi connectivity index (χ1v) is 10.00. The molecule has 1 atom stereocenters. The van der Waals surface area contributed by atoms with E-state index in [0.717, 1.165) is 30.0 Å². The molecule has 0 fully saturated rings. The summed E-state index contributed by atoms with van der Waals surface area (Å²) in [6.45, 7) is 6.14. The van der Waals surface area contributed by atoms with Gasteiger partial charge < -0.3 is 25.4 Å². The second kappa shape index (κ2) is 8.20. The number of primary amides is 1. The zero-order chi connectivity index (χ0) is 20.4. The molecular formula is C20H26N3O4S+. The van der Waals surface area contributed by atoms with Crippen LogP contribution in [0.15, 0.2) is 18.2 Å². The number of amides is 2.